The molecule has 98 valence electrons. The van der Waals surface area contributed by atoms with E-state index in [4.69, 9.17) is 5.73 Å². The maximum Gasteiger partial charge on any atom is 0.211 e. The maximum atomic E-state index is 11.6. The Morgan fingerprint density at radius 2 is 1.81 bits per heavy atom. The van der Waals surface area contributed by atoms with Crippen LogP contribution in [0.3, 0.4) is 0 Å². The highest BCUT2D eigenvalue weighted by Gasteiger charge is 2.20. The number of hydrogen-bond acceptors (Lipinski definition) is 3. The number of nitrogens with two attached hydrogens (primary N) is 1. The number of hydrogen-bond donors (Lipinski definition) is 2. The van der Waals surface area contributed by atoms with E-state index in [9.17, 15) is 8.42 Å². The Labute approximate surface area is 105 Å². The lowest BCUT2D eigenvalue weighted by Gasteiger charge is -2.21. The summed E-state index contributed by atoms with van der Waals surface area (Å²) in [5.41, 5.74) is 5.31. The fourth-order valence-corrected chi connectivity index (χ4v) is 3.58. The first-order valence-electron chi connectivity index (χ1n) is 5.81. The van der Waals surface area contributed by atoms with Crippen LogP contribution in [0, 0.1) is 5.92 Å². The summed E-state index contributed by atoms with van der Waals surface area (Å²) in [6.45, 7) is 1.01. The second-order valence-electron chi connectivity index (χ2n) is 4.32. The van der Waals surface area contributed by atoms with Crippen LogP contribution in [0.4, 0.5) is 0 Å². The molecule has 0 spiro atoms. The van der Waals surface area contributed by atoms with Crippen molar-refractivity contribution in [3.05, 3.63) is 0 Å². The molecule has 0 aliphatic heterocycles. The number of halogens is 1. The van der Waals surface area contributed by atoms with Gasteiger partial charge in [-0.1, -0.05) is 19.3 Å². The molecule has 0 amide bonds. The minimum absolute atomic E-state index is 0. The Morgan fingerprint density at radius 1 is 1.19 bits per heavy atom. The standard InChI is InChI=1S/C10H22N2O2S.ClH/c11-7-4-8-12-15(13,14)9-10-5-2-1-3-6-10;/h10,12H,1-9,11H2;1H. The normalized spacial score (nSPS) is 18.1. The fourth-order valence-electron chi connectivity index (χ4n) is 2.05. The van der Waals surface area contributed by atoms with Crippen LogP contribution in [0.1, 0.15) is 38.5 Å². The van der Waals surface area contributed by atoms with E-state index in [-0.39, 0.29) is 12.4 Å². The second kappa shape index (κ2) is 8.28. The van der Waals surface area contributed by atoms with Gasteiger partial charge in [0.15, 0.2) is 0 Å². The first-order valence-corrected chi connectivity index (χ1v) is 7.46. The van der Waals surface area contributed by atoms with E-state index in [0.717, 1.165) is 12.8 Å². The largest absolute Gasteiger partial charge is 0.330 e. The van der Waals surface area contributed by atoms with Gasteiger partial charge in [0.25, 0.3) is 0 Å². The molecule has 0 bridgehead atoms. The highest BCUT2D eigenvalue weighted by Crippen LogP contribution is 2.24. The molecule has 0 unspecified atom stereocenters. The topological polar surface area (TPSA) is 72.2 Å². The Kier molecular flexibility index (Phi) is 8.36. The minimum atomic E-state index is -3.06. The second-order valence-corrected chi connectivity index (χ2v) is 6.17. The Balaban J connectivity index is 0.00000225. The van der Waals surface area contributed by atoms with Crippen LogP contribution in [0.15, 0.2) is 0 Å². The monoisotopic (exact) mass is 270 g/mol. The molecule has 1 fully saturated rings. The summed E-state index contributed by atoms with van der Waals surface area (Å²) in [5, 5.41) is 0. The van der Waals surface area contributed by atoms with Crippen molar-refractivity contribution in [2.75, 3.05) is 18.8 Å². The van der Waals surface area contributed by atoms with Crippen molar-refractivity contribution in [3.63, 3.8) is 0 Å². The van der Waals surface area contributed by atoms with Crippen LogP contribution in [0.2, 0.25) is 0 Å². The molecule has 1 rings (SSSR count). The van der Waals surface area contributed by atoms with Gasteiger partial charge in [-0.25, -0.2) is 13.1 Å². The average molecular weight is 271 g/mol. The van der Waals surface area contributed by atoms with E-state index < -0.39 is 10.0 Å². The predicted octanol–water partition coefficient (Wildman–Crippen LogP) is 1.26. The van der Waals surface area contributed by atoms with Gasteiger partial charge >= 0.3 is 0 Å². The lowest BCUT2D eigenvalue weighted by atomic mass is 9.91. The quantitative estimate of drug-likeness (QED) is 0.714. The molecule has 4 nitrogen and oxygen atoms in total. The van der Waals surface area contributed by atoms with E-state index in [0.29, 0.717) is 31.2 Å². The number of nitrogens with one attached hydrogen (secondary N) is 1. The first-order chi connectivity index (χ1) is 7.14. The Morgan fingerprint density at radius 3 is 2.38 bits per heavy atom. The Hall–Kier alpha value is 0.160. The van der Waals surface area contributed by atoms with E-state index in [1.165, 1.54) is 19.3 Å². The lowest BCUT2D eigenvalue weighted by molar-refractivity contribution is 0.384. The molecule has 0 aromatic rings. The molecule has 1 saturated carbocycles. The zero-order chi connectivity index (χ0) is 11.1. The minimum Gasteiger partial charge on any atom is -0.330 e. The van der Waals surface area contributed by atoms with Crippen molar-refractivity contribution in [1.82, 2.24) is 4.72 Å². The van der Waals surface area contributed by atoms with E-state index in [1.807, 2.05) is 0 Å². The molecule has 0 heterocycles. The molecule has 0 aromatic carbocycles. The molecule has 0 saturated heterocycles. The summed E-state index contributed by atoms with van der Waals surface area (Å²) in [6, 6.07) is 0. The van der Waals surface area contributed by atoms with Crippen LogP contribution in [0.5, 0.6) is 0 Å². The van der Waals surface area contributed by atoms with Crippen LogP contribution in [-0.4, -0.2) is 27.3 Å². The van der Waals surface area contributed by atoms with Crippen LogP contribution in [0.25, 0.3) is 0 Å². The summed E-state index contributed by atoms with van der Waals surface area (Å²) in [4.78, 5) is 0. The third kappa shape index (κ3) is 6.68. The molecule has 16 heavy (non-hydrogen) atoms. The third-order valence-corrected chi connectivity index (χ3v) is 4.44. The Bertz CT molecular complexity index is 264. The van der Waals surface area contributed by atoms with Crippen LogP contribution < -0.4 is 10.5 Å². The van der Waals surface area contributed by atoms with Gasteiger partial charge < -0.3 is 5.73 Å². The molecule has 0 aromatic heterocycles. The number of rotatable bonds is 6. The predicted molar refractivity (Wildman–Crippen MR) is 69.3 cm³/mol. The van der Waals surface area contributed by atoms with Crippen LogP contribution in [-0.2, 0) is 10.0 Å². The van der Waals surface area contributed by atoms with Crippen molar-refractivity contribution in [3.8, 4) is 0 Å². The van der Waals surface area contributed by atoms with Gasteiger partial charge in [-0.3, -0.25) is 0 Å². The summed E-state index contributed by atoms with van der Waals surface area (Å²) in [5.74, 6) is 0.673. The summed E-state index contributed by atoms with van der Waals surface area (Å²) < 4.78 is 25.8. The number of sulfonamides is 1. The van der Waals surface area contributed by atoms with Gasteiger partial charge in [0.05, 0.1) is 5.75 Å². The molecular formula is C10H23ClN2O2S. The fraction of sp³-hybridized carbons (Fsp3) is 1.00. The van der Waals surface area contributed by atoms with Crippen molar-refractivity contribution in [2.24, 2.45) is 11.7 Å². The molecule has 0 radical (unpaired) electrons. The van der Waals surface area contributed by atoms with Gasteiger partial charge in [-0.2, -0.15) is 0 Å². The average Bonchev–Trinajstić information content (AvgIpc) is 2.18. The first kappa shape index (κ1) is 16.2. The van der Waals surface area contributed by atoms with Crippen molar-refractivity contribution in [2.45, 2.75) is 38.5 Å². The van der Waals surface area contributed by atoms with Crippen LogP contribution >= 0.6 is 12.4 Å². The van der Waals surface area contributed by atoms with Gasteiger partial charge in [0, 0.05) is 6.54 Å². The summed E-state index contributed by atoms with van der Waals surface area (Å²) in [7, 11) is -3.06. The van der Waals surface area contributed by atoms with Gasteiger partial charge in [0.2, 0.25) is 10.0 Å². The van der Waals surface area contributed by atoms with Gasteiger partial charge in [-0.15, -0.1) is 12.4 Å². The summed E-state index contributed by atoms with van der Waals surface area (Å²) in [6.07, 6.45) is 6.47. The lowest BCUT2D eigenvalue weighted by Crippen LogP contribution is -2.32. The molecule has 1 aliphatic carbocycles. The molecule has 3 N–H and O–H groups in total. The van der Waals surface area contributed by atoms with Crippen molar-refractivity contribution < 1.29 is 8.42 Å². The molecule has 6 heteroatoms. The molecule has 0 atom stereocenters. The zero-order valence-corrected chi connectivity index (χ0v) is 11.3. The summed E-state index contributed by atoms with van der Waals surface area (Å²) >= 11 is 0. The van der Waals surface area contributed by atoms with E-state index in [2.05, 4.69) is 4.72 Å². The van der Waals surface area contributed by atoms with Gasteiger partial charge in [-0.05, 0) is 31.7 Å². The van der Waals surface area contributed by atoms with Gasteiger partial charge in [0.1, 0.15) is 0 Å². The van der Waals surface area contributed by atoms with Crippen molar-refractivity contribution in [1.29, 1.82) is 0 Å². The highest BCUT2D eigenvalue weighted by atomic mass is 35.5. The zero-order valence-electron chi connectivity index (χ0n) is 9.65. The van der Waals surface area contributed by atoms with E-state index in [1.54, 1.807) is 0 Å². The SMILES string of the molecule is Cl.NCCCNS(=O)(=O)CC1CCCCC1. The maximum absolute atomic E-state index is 11.6. The highest BCUT2D eigenvalue weighted by molar-refractivity contribution is 7.89. The van der Waals surface area contributed by atoms with Crippen molar-refractivity contribution >= 4 is 22.4 Å². The smallest absolute Gasteiger partial charge is 0.211 e. The van der Waals surface area contributed by atoms with E-state index >= 15 is 0 Å². The third-order valence-electron chi connectivity index (χ3n) is 2.88. The molecule has 1 aliphatic rings. The molecular weight excluding hydrogens is 248 g/mol.